The van der Waals surface area contributed by atoms with E-state index in [1.54, 1.807) is 0 Å². The fourth-order valence-electron chi connectivity index (χ4n) is 2.93. The molecule has 0 radical (unpaired) electrons. The van der Waals surface area contributed by atoms with Gasteiger partial charge in [-0.15, -0.1) is 0 Å². The van der Waals surface area contributed by atoms with Gasteiger partial charge in [-0.1, -0.05) is 62.3 Å². The highest BCUT2D eigenvalue weighted by Crippen LogP contribution is 2.29. The number of rotatable bonds is 6. The smallest absolute Gasteiger partial charge is 0.0955 e. The molecule has 0 aliphatic carbocycles. The van der Waals surface area contributed by atoms with Crippen LogP contribution in [0.2, 0.25) is 5.02 Å². The van der Waals surface area contributed by atoms with Crippen molar-refractivity contribution in [3.8, 4) is 11.8 Å². The predicted molar refractivity (Wildman–Crippen MR) is 116 cm³/mol. The molecule has 3 heteroatoms. The van der Waals surface area contributed by atoms with Crippen molar-refractivity contribution in [2.75, 3.05) is 0 Å². The number of aryl methyl sites for hydroxylation is 3. The number of halogens is 1. The van der Waals surface area contributed by atoms with Gasteiger partial charge in [0.25, 0.3) is 0 Å². The van der Waals surface area contributed by atoms with Crippen LogP contribution in [0, 0.1) is 18.8 Å². The molecule has 0 amide bonds. The van der Waals surface area contributed by atoms with Gasteiger partial charge in [0.05, 0.1) is 15.9 Å². The van der Waals surface area contributed by atoms with Gasteiger partial charge in [-0.2, -0.15) is 4.99 Å². The maximum atomic E-state index is 6.29. The molecule has 0 aliphatic rings. The van der Waals surface area contributed by atoms with Crippen LogP contribution in [-0.4, -0.2) is 5.16 Å². The lowest BCUT2D eigenvalue weighted by Crippen LogP contribution is -1.93. The van der Waals surface area contributed by atoms with Crippen molar-refractivity contribution in [3.05, 3.63) is 63.2 Å². The molecule has 0 unspecified atom stereocenters. The van der Waals surface area contributed by atoms with E-state index in [2.05, 4.69) is 66.3 Å². The van der Waals surface area contributed by atoms with Crippen molar-refractivity contribution >= 4 is 34.7 Å². The summed E-state index contributed by atoms with van der Waals surface area (Å²) in [5.41, 5.74) is 6.28. The minimum absolute atomic E-state index is 0.550. The minimum atomic E-state index is 0.550. The van der Waals surface area contributed by atoms with Crippen molar-refractivity contribution in [1.29, 1.82) is 0 Å². The molecular formula is C23H24ClNS. The molecule has 2 rings (SSSR count). The zero-order valence-corrected chi connectivity index (χ0v) is 17.2. The molecule has 1 nitrogen and oxygen atoms in total. The predicted octanol–water partition coefficient (Wildman–Crippen LogP) is 7.08. The second kappa shape index (κ2) is 10.3. The molecule has 0 fully saturated rings. The Labute approximate surface area is 167 Å². The number of hydrogen-bond donors (Lipinski definition) is 0. The van der Waals surface area contributed by atoms with E-state index >= 15 is 0 Å². The van der Waals surface area contributed by atoms with Crippen LogP contribution < -0.4 is 0 Å². The number of benzene rings is 2. The molecule has 0 saturated carbocycles. The van der Waals surface area contributed by atoms with Crippen LogP contribution in [0.1, 0.15) is 60.9 Å². The van der Waals surface area contributed by atoms with E-state index < -0.39 is 0 Å². The highest BCUT2D eigenvalue weighted by Gasteiger charge is 2.05. The number of hydrogen-bond acceptors (Lipinski definition) is 2. The third-order valence-electron chi connectivity index (χ3n) is 4.37. The van der Waals surface area contributed by atoms with E-state index in [4.69, 9.17) is 11.6 Å². The standard InChI is InChI=1S/C23H24ClNS/c1-4-6-7-8-18-9-11-21(20(5-2)14-18)12-10-19-13-17(3)23(25-16-26)22(24)15-19/h9,11,13-15H,4-8H2,1-3H3. The Kier molecular flexibility index (Phi) is 8.07. The van der Waals surface area contributed by atoms with Crippen LogP contribution in [0.5, 0.6) is 0 Å². The fraction of sp³-hybridized carbons (Fsp3) is 0.348. The van der Waals surface area contributed by atoms with Gasteiger partial charge in [-0.05, 0) is 73.3 Å². The Morgan fingerprint density at radius 2 is 1.88 bits per heavy atom. The van der Waals surface area contributed by atoms with Crippen molar-refractivity contribution < 1.29 is 0 Å². The van der Waals surface area contributed by atoms with Crippen LogP contribution in [0.4, 0.5) is 5.69 Å². The second-order valence-electron chi connectivity index (χ2n) is 6.38. The van der Waals surface area contributed by atoms with E-state index in [1.165, 1.54) is 30.4 Å². The fourth-order valence-corrected chi connectivity index (χ4v) is 3.33. The van der Waals surface area contributed by atoms with E-state index in [9.17, 15) is 0 Å². The van der Waals surface area contributed by atoms with E-state index in [1.807, 2.05) is 19.1 Å². The lowest BCUT2D eigenvalue weighted by molar-refractivity contribution is 0.717. The maximum absolute atomic E-state index is 6.29. The molecule has 0 heterocycles. The SMILES string of the molecule is CCCCCc1ccc(C#Cc2cc(C)c(N=C=S)c(Cl)c2)c(CC)c1. The summed E-state index contributed by atoms with van der Waals surface area (Å²) in [5, 5.41) is 2.92. The number of isothiocyanates is 1. The first-order valence-corrected chi connectivity index (χ1v) is 9.89. The number of unbranched alkanes of at least 4 members (excludes halogenated alkanes) is 2. The van der Waals surface area contributed by atoms with Gasteiger partial charge in [0.1, 0.15) is 0 Å². The second-order valence-corrected chi connectivity index (χ2v) is 6.97. The van der Waals surface area contributed by atoms with Crippen molar-refractivity contribution in [1.82, 2.24) is 0 Å². The molecule has 0 bridgehead atoms. The van der Waals surface area contributed by atoms with Gasteiger partial charge >= 0.3 is 0 Å². The van der Waals surface area contributed by atoms with Gasteiger partial charge < -0.3 is 0 Å². The van der Waals surface area contributed by atoms with Gasteiger partial charge in [-0.3, -0.25) is 0 Å². The first kappa shape index (κ1) is 20.4. The first-order chi connectivity index (χ1) is 12.6. The largest absolute Gasteiger partial charge is 0.193 e. The first-order valence-electron chi connectivity index (χ1n) is 9.10. The van der Waals surface area contributed by atoms with Crippen molar-refractivity contribution in [2.45, 2.75) is 52.9 Å². The highest BCUT2D eigenvalue weighted by molar-refractivity contribution is 7.78. The third kappa shape index (κ3) is 5.55. The molecule has 26 heavy (non-hydrogen) atoms. The molecule has 134 valence electrons. The normalized spacial score (nSPS) is 10.0. The number of aliphatic imine (C=N–C) groups is 1. The lowest BCUT2D eigenvalue weighted by atomic mass is 9.98. The molecule has 0 saturated heterocycles. The monoisotopic (exact) mass is 381 g/mol. The lowest BCUT2D eigenvalue weighted by Gasteiger charge is -2.06. The summed E-state index contributed by atoms with van der Waals surface area (Å²) in [6.07, 6.45) is 5.91. The van der Waals surface area contributed by atoms with E-state index in [0.717, 1.165) is 29.5 Å². The van der Waals surface area contributed by atoms with Crippen LogP contribution in [0.3, 0.4) is 0 Å². The Bertz CT molecular complexity index is 860. The summed E-state index contributed by atoms with van der Waals surface area (Å²) in [5.74, 6) is 6.54. The quantitative estimate of drug-likeness (QED) is 0.225. The van der Waals surface area contributed by atoms with Crippen LogP contribution in [0.15, 0.2) is 35.3 Å². The zero-order chi connectivity index (χ0) is 18.9. The average Bonchev–Trinajstić information content (AvgIpc) is 2.63. The Balaban J connectivity index is 2.28. The molecule has 0 aromatic heterocycles. The molecule has 0 spiro atoms. The average molecular weight is 382 g/mol. The molecular weight excluding hydrogens is 358 g/mol. The van der Waals surface area contributed by atoms with Crippen LogP contribution in [0.25, 0.3) is 0 Å². The summed E-state index contributed by atoms with van der Waals surface area (Å²) in [4.78, 5) is 4.02. The summed E-state index contributed by atoms with van der Waals surface area (Å²) >= 11 is 11.0. The summed E-state index contributed by atoms with van der Waals surface area (Å²) in [7, 11) is 0. The summed E-state index contributed by atoms with van der Waals surface area (Å²) in [6.45, 7) is 6.36. The number of thiocarbonyl (C=S) groups is 1. The maximum Gasteiger partial charge on any atom is 0.0955 e. The third-order valence-corrected chi connectivity index (χ3v) is 4.75. The topological polar surface area (TPSA) is 12.4 Å². The highest BCUT2D eigenvalue weighted by atomic mass is 35.5. The van der Waals surface area contributed by atoms with Gasteiger partial charge in [0.2, 0.25) is 0 Å². The molecule has 0 N–H and O–H groups in total. The Morgan fingerprint density at radius 3 is 2.54 bits per heavy atom. The summed E-state index contributed by atoms with van der Waals surface area (Å²) < 4.78 is 0. The van der Waals surface area contributed by atoms with Crippen molar-refractivity contribution in [3.63, 3.8) is 0 Å². The molecule has 0 atom stereocenters. The van der Waals surface area contributed by atoms with Crippen LogP contribution in [-0.2, 0) is 12.8 Å². The molecule has 2 aromatic carbocycles. The van der Waals surface area contributed by atoms with Crippen molar-refractivity contribution in [2.24, 2.45) is 4.99 Å². The Morgan fingerprint density at radius 1 is 1.08 bits per heavy atom. The number of nitrogens with zero attached hydrogens (tertiary/aromatic N) is 1. The minimum Gasteiger partial charge on any atom is -0.193 e. The zero-order valence-electron chi connectivity index (χ0n) is 15.7. The molecule has 2 aromatic rings. The Hall–Kier alpha value is -1.91. The van der Waals surface area contributed by atoms with E-state index in [-0.39, 0.29) is 0 Å². The van der Waals surface area contributed by atoms with Gasteiger partial charge in [-0.25, -0.2) is 0 Å². The summed E-state index contributed by atoms with van der Waals surface area (Å²) in [6, 6.07) is 10.5. The van der Waals surface area contributed by atoms with E-state index in [0.29, 0.717) is 10.7 Å². The van der Waals surface area contributed by atoms with Crippen LogP contribution >= 0.6 is 23.8 Å². The van der Waals surface area contributed by atoms with Gasteiger partial charge in [0, 0.05) is 11.1 Å². The molecule has 0 aliphatic heterocycles. The van der Waals surface area contributed by atoms with Gasteiger partial charge in [0.15, 0.2) is 0 Å².